The predicted molar refractivity (Wildman–Crippen MR) is 100 cm³/mol. The number of nitrogens with one attached hydrogen (secondary N) is 1. The highest BCUT2D eigenvalue weighted by atomic mass is 32.2. The van der Waals surface area contributed by atoms with Crippen LogP contribution in [0, 0.1) is 13.8 Å². The normalized spacial score (nSPS) is 11.6. The van der Waals surface area contributed by atoms with Crippen LogP contribution in [0.25, 0.3) is 0 Å². The molecular weight excluding hydrogens is 320 g/mol. The molecule has 0 unspecified atom stereocenters. The van der Waals surface area contributed by atoms with Gasteiger partial charge in [0, 0.05) is 11.4 Å². The van der Waals surface area contributed by atoms with Crippen molar-refractivity contribution in [3.05, 3.63) is 67.9 Å². The second-order valence-electron chi connectivity index (χ2n) is 6.24. The van der Waals surface area contributed by atoms with Crippen molar-refractivity contribution in [2.24, 2.45) is 0 Å². The molecule has 0 aliphatic rings. The van der Waals surface area contributed by atoms with E-state index in [0.717, 1.165) is 21.0 Å². The Bertz CT molecular complexity index is 856. The molecule has 5 heteroatoms. The van der Waals surface area contributed by atoms with Crippen molar-refractivity contribution in [1.82, 2.24) is 9.55 Å². The maximum Gasteiger partial charge on any atom is 0.329 e. The molecule has 0 atom stereocenters. The molecule has 1 heterocycles. The topological polar surface area (TPSA) is 54.9 Å². The minimum Gasteiger partial charge on any atom is -0.284 e. The quantitative estimate of drug-likeness (QED) is 0.659. The molecule has 4 nitrogen and oxygen atoms in total. The van der Waals surface area contributed by atoms with E-state index in [2.05, 4.69) is 23.2 Å². The first-order chi connectivity index (χ1) is 11.3. The van der Waals surface area contributed by atoms with E-state index in [4.69, 9.17) is 0 Å². The maximum atomic E-state index is 12.4. The third-order valence-corrected chi connectivity index (χ3v) is 4.80. The van der Waals surface area contributed by atoms with E-state index in [1.807, 2.05) is 46.8 Å². The second kappa shape index (κ2) is 7.71. The highest BCUT2D eigenvalue weighted by molar-refractivity contribution is 7.99. The summed E-state index contributed by atoms with van der Waals surface area (Å²) >= 11 is 1.49. The first kappa shape index (κ1) is 18.3. The highest BCUT2D eigenvalue weighted by Crippen LogP contribution is 2.32. The number of allylic oxidation sites excluding steroid dienone is 2. The van der Waals surface area contributed by atoms with Crippen LogP contribution in [0.15, 0.2) is 49.9 Å². The first-order valence-electron chi connectivity index (χ1n) is 8.07. The first-order valence-corrected chi connectivity index (χ1v) is 8.89. The van der Waals surface area contributed by atoms with Crippen molar-refractivity contribution >= 4 is 11.8 Å². The summed E-state index contributed by atoms with van der Waals surface area (Å²) in [5, 5.41) is 0.724. The Morgan fingerprint density at radius 2 is 1.79 bits per heavy atom. The van der Waals surface area contributed by atoms with Gasteiger partial charge in [-0.15, -0.1) is 0 Å². The largest absolute Gasteiger partial charge is 0.329 e. The molecular formula is C19H24N2O2S. The molecule has 0 fully saturated rings. The fourth-order valence-corrected chi connectivity index (χ4v) is 4.08. The summed E-state index contributed by atoms with van der Waals surface area (Å²) in [6.07, 6.45) is 3.81. The summed E-state index contributed by atoms with van der Waals surface area (Å²) in [5.41, 5.74) is 2.32. The lowest BCUT2D eigenvalue weighted by Gasteiger charge is -2.17. The molecule has 1 N–H and O–H groups in total. The van der Waals surface area contributed by atoms with Crippen LogP contribution < -0.4 is 11.2 Å². The van der Waals surface area contributed by atoms with Gasteiger partial charge in [-0.1, -0.05) is 43.8 Å². The monoisotopic (exact) mass is 344 g/mol. The van der Waals surface area contributed by atoms with E-state index in [-0.39, 0.29) is 17.2 Å². The Balaban J connectivity index is 2.68. The molecule has 0 aliphatic carbocycles. The standard InChI is InChI=1S/C19H24N2O2S/c1-6-7-8-21-18(16(12(2)3)17(22)20-19(21)23)24-15-10-13(4)9-14(5)11-15/h6-7,9-12H,8H2,1-5H3,(H,20,22,23). The fraction of sp³-hybridized carbons (Fsp3) is 0.368. The van der Waals surface area contributed by atoms with Gasteiger partial charge in [0.2, 0.25) is 0 Å². The summed E-state index contributed by atoms with van der Waals surface area (Å²) in [5.74, 6) is 0.0274. The van der Waals surface area contributed by atoms with Crippen LogP contribution in [0.5, 0.6) is 0 Å². The van der Waals surface area contributed by atoms with Crippen LogP contribution in [-0.2, 0) is 6.54 Å². The van der Waals surface area contributed by atoms with Crippen LogP contribution in [0.3, 0.4) is 0 Å². The Morgan fingerprint density at radius 3 is 2.33 bits per heavy atom. The number of nitrogens with zero attached hydrogens (tertiary/aromatic N) is 1. The number of aryl methyl sites for hydroxylation is 2. The van der Waals surface area contributed by atoms with E-state index in [1.54, 1.807) is 4.57 Å². The lowest BCUT2D eigenvalue weighted by molar-refractivity contribution is 0.625. The zero-order valence-electron chi connectivity index (χ0n) is 14.8. The third-order valence-electron chi connectivity index (χ3n) is 3.70. The van der Waals surface area contributed by atoms with Gasteiger partial charge in [0.25, 0.3) is 5.56 Å². The Kier molecular flexibility index (Phi) is 5.89. The predicted octanol–water partition coefficient (Wildman–Crippen LogP) is 4.00. The molecule has 0 saturated carbocycles. The molecule has 0 saturated heterocycles. The summed E-state index contributed by atoms with van der Waals surface area (Å²) in [4.78, 5) is 28.2. The van der Waals surface area contributed by atoms with Crippen LogP contribution in [-0.4, -0.2) is 9.55 Å². The fourth-order valence-electron chi connectivity index (χ4n) is 2.67. The summed E-state index contributed by atoms with van der Waals surface area (Å²) in [7, 11) is 0. The maximum absolute atomic E-state index is 12.4. The van der Waals surface area contributed by atoms with Crippen LogP contribution in [0.2, 0.25) is 0 Å². The van der Waals surface area contributed by atoms with Crippen molar-refractivity contribution in [1.29, 1.82) is 0 Å². The minimum absolute atomic E-state index is 0.0274. The molecule has 1 aromatic heterocycles. The summed E-state index contributed by atoms with van der Waals surface area (Å²) < 4.78 is 1.64. The molecule has 1 aromatic carbocycles. The molecule has 24 heavy (non-hydrogen) atoms. The lowest BCUT2D eigenvalue weighted by atomic mass is 10.1. The second-order valence-corrected chi connectivity index (χ2v) is 7.30. The van der Waals surface area contributed by atoms with Crippen LogP contribution in [0.1, 0.15) is 43.4 Å². The molecule has 128 valence electrons. The van der Waals surface area contributed by atoms with E-state index < -0.39 is 0 Å². The van der Waals surface area contributed by atoms with Crippen molar-refractivity contribution < 1.29 is 0 Å². The zero-order valence-corrected chi connectivity index (χ0v) is 15.7. The van der Waals surface area contributed by atoms with Crippen molar-refractivity contribution in [3.63, 3.8) is 0 Å². The Hall–Kier alpha value is -2.01. The summed E-state index contributed by atoms with van der Waals surface area (Å²) in [6.45, 7) is 10.4. The SMILES string of the molecule is CC=CCn1c(Sc2cc(C)cc(C)c2)c(C(C)C)c(=O)[nH]c1=O. The third kappa shape index (κ3) is 4.09. The molecule has 0 amide bonds. The number of H-pyrrole nitrogens is 1. The van der Waals surface area contributed by atoms with Gasteiger partial charge in [-0.05, 0) is 49.9 Å². The Morgan fingerprint density at radius 1 is 1.17 bits per heavy atom. The minimum atomic E-state index is -0.366. The number of rotatable bonds is 5. The van der Waals surface area contributed by atoms with E-state index in [0.29, 0.717) is 12.1 Å². The molecule has 2 rings (SSSR count). The van der Waals surface area contributed by atoms with E-state index in [1.165, 1.54) is 11.8 Å². The summed E-state index contributed by atoms with van der Waals surface area (Å²) in [6, 6.07) is 6.26. The van der Waals surface area contributed by atoms with E-state index in [9.17, 15) is 9.59 Å². The average Bonchev–Trinajstić information content (AvgIpc) is 2.45. The Labute approximate surface area is 146 Å². The van der Waals surface area contributed by atoms with Crippen molar-refractivity contribution in [2.45, 2.75) is 57.0 Å². The number of hydrogen-bond donors (Lipinski definition) is 1. The van der Waals surface area contributed by atoms with Gasteiger partial charge in [-0.25, -0.2) is 4.79 Å². The van der Waals surface area contributed by atoms with Gasteiger partial charge >= 0.3 is 5.69 Å². The van der Waals surface area contributed by atoms with E-state index >= 15 is 0 Å². The smallest absolute Gasteiger partial charge is 0.284 e. The lowest BCUT2D eigenvalue weighted by Crippen LogP contribution is -2.34. The van der Waals surface area contributed by atoms with Crippen molar-refractivity contribution in [2.75, 3.05) is 0 Å². The van der Waals surface area contributed by atoms with Gasteiger partial charge in [0.05, 0.1) is 10.6 Å². The molecule has 0 bridgehead atoms. The van der Waals surface area contributed by atoms with Gasteiger partial charge < -0.3 is 0 Å². The van der Waals surface area contributed by atoms with Gasteiger partial charge in [0.15, 0.2) is 0 Å². The zero-order chi connectivity index (χ0) is 17.9. The number of aromatic amines is 1. The van der Waals surface area contributed by atoms with Crippen molar-refractivity contribution in [3.8, 4) is 0 Å². The van der Waals surface area contributed by atoms with Crippen LogP contribution >= 0.6 is 11.8 Å². The van der Waals surface area contributed by atoms with Gasteiger partial charge in [0.1, 0.15) is 0 Å². The molecule has 0 radical (unpaired) electrons. The number of benzene rings is 1. The average molecular weight is 344 g/mol. The van der Waals surface area contributed by atoms with Crippen LogP contribution in [0.4, 0.5) is 0 Å². The number of hydrogen-bond acceptors (Lipinski definition) is 3. The van der Waals surface area contributed by atoms with Gasteiger partial charge in [-0.2, -0.15) is 0 Å². The van der Waals surface area contributed by atoms with Gasteiger partial charge in [-0.3, -0.25) is 14.3 Å². The molecule has 0 spiro atoms. The molecule has 2 aromatic rings. The highest BCUT2D eigenvalue weighted by Gasteiger charge is 2.18. The number of aromatic nitrogens is 2. The molecule has 0 aliphatic heterocycles.